The molecule has 43 heavy (non-hydrogen) atoms. The minimum absolute atomic E-state index is 0.160. The first-order valence-electron chi connectivity index (χ1n) is 14.7. The zero-order chi connectivity index (χ0) is 31.3. The molecule has 0 radical (unpaired) electrons. The van der Waals surface area contributed by atoms with Gasteiger partial charge >= 0.3 is 11.9 Å². The number of hydrogen-bond donors (Lipinski definition) is 0. The average Bonchev–Trinajstić information content (AvgIpc) is 3.35. The van der Waals surface area contributed by atoms with Crippen LogP contribution < -0.4 is 9.47 Å². The second-order valence-corrected chi connectivity index (χ2v) is 11.5. The predicted octanol–water partition coefficient (Wildman–Crippen LogP) is 7.20. The van der Waals surface area contributed by atoms with Crippen LogP contribution in [-0.2, 0) is 30.9 Å². The fraction of sp³-hybridized carbons (Fsp3) is 0.351. The molecule has 1 aliphatic rings. The number of fused-ring (bicyclic) bond motifs is 1. The van der Waals surface area contributed by atoms with Gasteiger partial charge in [-0.3, -0.25) is 0 Å². The lowest BCUT2D eigenvalue weighted by molar-refractivity contribution is -0.140. The van der Waals surface area contributed by atoms with Crippen LogP contribution in [0.3, 0.4) is 0 Å². The maximum atomic E-state index is 11.7. The summed E-state index contributed by atoms with van der Waals surface area (Å²) in [6.07, 6.45) is 1.92. The zero-order valence-corrected chi connectivity index (χ0v) is 26.2. The van der Waals surface area contributed by atoms with Crippen molar-refractivity contribution in [3.05, 3.63) is 117 Å². The van der Waals surface area contributed by atoms with E-state index in [1.807, 2.05) is 0 Å². The van der Waals surface area contributed by atoms with Crippen LogP contribution >= 0.6 is 0 Å². The van der Waals surface area contributed by atoms with E-state index >= 15 is 0 Å². The molecule has 0 saturated carbocycles. The minimum Gasteiger partial charge on any atom is -0.489 e. The number of benzene rings is 3. The molecule has 0 N–H and O–H groups in total. The molecule has 0 bridgehead atoms. The van der Waals surface area contributed by atoms with E-state index in [9.17, 15) is 9.59 Å². The first kappa shape index (κ1) is 31.6. The average molecular weight is 583 g/mol. The van der Waals surface area contributed by atoms with Gasteiger partial charge in [-0.05, 0) is 98.9 Å². The smallest absolute Gasteiger partial charge is 0.333 e. The van der Waals surface area contributed by atoms with Gasteiger partial charge in [-0.1, -0.05) is 61.7 Å². The number of hydrogen-bond acceptors (Lipinski definition) is 6. The molecule has 0 amide bonds. The fourth-order valence-electron chi connectivity index (χ4n) is 6.03. The molecular formula is C37H42O6. The van der Waals surface area contributed by atoms with E-state index in [1.165, 1.54) is 22.3 Å². The summed E-state index contributed by atoms with van der Waals surface area (Å²) in [5.74, 6) is 0.782. The molecule has 3 aromatic carbocycles. The maximum absolute atomic E-state index is 11.7. The van der Waals surface area contributed by atoms with E-state index in [1.54, 1.807) is 13.8 Å². The number of ether oxygens (including phenoxy) is 4. The Morgan fingerprint density at radius 2 is 1.12 bits per heavy atom. The number of carbonyl (C=O) groups is 2. The van der Waals surface area contributed by atoms with Gasteiger partial charge in [-0.2, -0.15) is 0 Å². The highest BCUT2D eigenvalue weighted by Crippen LogP contribution is 2.51. The summed E-state index contributed by atoms with van der Waals surface area (Å²) in [6, 6.07) is 17.6. The highest BCUT2D eigenvalue weighted by Gasteiger charge is 2.42. The second-order valence-electron chi connectivity index (χ2n) is 11.5. The van der Waals surface area contributed by atoms with E-state index in [4.69, 9.17) is 18.9 Å². The molecule has 4 rings (SSSR count). The van der Waals surface area contributed by atoms with Gasteiger partial charge in [0, 0.05) is 16.6 Å². The molecule has 3 aromatic rings. The van der Waals surface area contributed by atoms with Crippen LogP contribution in [0.4, 0.5) is 0 Å². The van der Waals surface area contributed by atoms with Crippen LogP contribution in [0.25, 0.3) is 0 Å². The number of rotatable bonds is 12. The highest BCUT2D eigenvalue weighted by atomic mass is 16.6. The summed E-state index contributed by atoms with van der Waals surface area (Å²) in [5, 5.41) is 0. The number of carbonyl (C=O) groups excluding carboxylic acids is 2. The van der Waals surface area contributed by atoms with Crippen molar-refractivity contribution in [1.29, 1.82) is 0 Å². The largest absolute Gasteiger partial charge is 0.489 e. The van der Waals surface area contributed by atoms with Crippen molar-refractivity contribution >= 4 is 11.9 Å². The molecule has 226 valence electrons. The molecule has 1 aliphatic carbocycles. The van der Waals surface area contributed by atoms with Crippen LogP contribution in [0.15, 0.2) is 72.8 Å². The monoisotopic (exact) mass is 582 g/mol. The van der Waals surface area contributed by atoms with Crippen LogP contribution in [0, 0.1) is 27.7 Å². The summed E-state index contributed by atoms with van der Waals surface area (Å²) < 4.78 is 22.6. The Labute approximate surface area is 255 Å². The molecule has 6 heteroatoms. The molecule has 0 unspecified atom stereocenters. The van der Waals surface area contributed by atoms with Gasteiger partial charge in [0.05, 0.1) is 0 Å². The summed E-state index contributed by atoms with van der Waals surface area (Å²) in [6.45, 7) is 19.6. The van der Waals surface area contributed by atoms with Crippen molar-refractivity contribution in [2.75, 3.05) is 26.4 Å². The topological polar surface area (TPSA) is 71.1 Å². The van der Waals surface area contributed by atoms with Gasteiger partial charge in [0.1, 0.15) is 37.9 Å². The van der Waals surface area contributed by atoms with Crippen LogP contribution in [0.2, 0.25) is 0 Å². The second kappa shape index (κ2) is 13.3. The van der Waals surface area contributed by atoms with Crippen molar-refractivity contribution in [1.82, 2.24) is 0 Å². The Hall–Kier alpha value is -4.32. The van der Waals surface area contributed by atoms with E-state index in [0.29, 0.717) is 11.1 Å². The molecule has 0 fully saturated rings. The third-order valence-corrected chi connectivity index (χ3v) is 7.98. The van der Waals surface area contributed by atoms with Crippen LogP contribution in [0.5, 0.6) is 11.5 Å². The normalized spacial score (nSPS) is 13.2. The molecule has 0 spiro atoms. The molecular weight excluding hydrogens is 540 g/mol. The Morgan fingerprint density at radius 3 is 1.53 bits per heavy atom. The first-order valence-corrected chi connectivity index (χ1v) is 14.7. The summed E-state index contributed by atoms with van der Waals surface area (Å²) in [4.78, 5) is 23.5. The number of aryl methyl sites for hydroxylation is 5. The van der Waals surface area contributed by atoms with Gasteiger partial charge < -0.3 is 18.9 Å². The van der Waals surface area contributed by atoms with Crippen molar-refractivity contribution in [2.45, 2.75) is 59.8 Å². The fourth-order valence-corrected chi connectivity index (χ4v) is 6.03. The standard InChI is InChI=1S/C37H42O6/c1-23(2)35(38)42-17-15-40-33-25(5)19-30(20-26(33)6)37(14-13-29-11-9-10-12-32(29)37)31-21-27(7)34(28(8)22-31)41-16-18-43-36(39)24(3)4/h9-12,19-22H,1,3,13-18H2,2,4-8H3. The van der Waals surface area contributed by atoms with Gasteiger partial charge in [0.15, 0.2) is 0 Å². The molecule has 0 aliphatic heterocycles. The van der Waals surface area contributed by atoms with Gasteiger partial charge in [-0.25, -0.2) is 9.59 Å². The number of esters is 2. The quantitative estimate of drug-likeness (QED) is 0.128. The minimum atomic E-state index is -0.414. The van der Waals surface area contributed by atoms with E-state index in [-0.39, 0.29) is 31.8 Å². The van der Waals surface area contributed by atoms with Gasteiger partial charge in [0.25, 0.3) is 0 Å². The third-order valence-electron chi connectivity index (χ3n) is 7.98. The molecule has 0 heterocycles. The molecule has 6 nitrogen and oxygen atoms in total. The summed E-state index contributed by atoms with van der Waals surface area (Å²) >= 11 is 0. The van der Waals surface area contributed by atoms with Crippen molar-refractivity contribution in [2.24, 2.45) is 0 Å². The summed E-state index contributed by atoms with van der Waals surface area (Å²) in [5.41, 5.74) is 9.62. The lowest BCUT2D eigenvalue weighted by atomic mass is 9.69. The first-order chi connectivity index (χ1) is 20.5. The molecule has 0 saturated heterocycles. The molecule has 0 atom stereocenters. The lowest BCUT2D eigenvalue weighted by Gasteiger charge is -2.34. The van der Waals surface area contributed by atoms with Crippen molar-refractivity contribution < 1.29 is 28.5 Å². The maximum Gasteiger partial charge on any atom is 0.333 e. The highest BCUT2D eigenvalue weighted by molar-refractivity contribution is 5.87. The van der Waals surface area contributed by atoms with Gasteiger partial charge in [0.2, 0.25) is 0 Å². The van der Waals surface area contributed by atoms with E-state index in [2.05, 4.69) is 89.4 Å². The summed E-state index contributed by atoms with van der Waals surface area (Å²) in [7, 11) is 0. The molecule has 0 aromatic heterocycles. The van der Waals surface area contributed by atoms with Crippen molar-refractivity contribution in [3.63, 3.8) is 0 Å². The van der Waals surface area contributed by atoms with Crippen molar-refractivity contribution in [3.8, 4) is 11.5 Å². The van der Waals surface area contributed by atoms with E-state index in [0.717, 1.165) is 46.6 Å². The Bertz CT molecular complexity index is 1430. The SMILES string of the molecule is C=C(C)C(=O)OCCOc1c(C)cc(C2(c3cc(C)c(OCCOC(=O)C(=C)C)c(C)c3)CCc3ccccc32)cc1C. The van der Waals surface area contributed by atoms with Crippen LogP contribution in [0.1, 0.15) is 64.8 Å². The third kappa shape index (κ3) is 6.69. The lowest BCUT2D eigenvalue weighted by Crippen LogP contribution is -2.27. The van der Waals surface area contributed by atoms with E-state index < -0.39 is 11.9 Å². The van der Waals surface area contributed by atoms with Crippen LogP contribution in [-0.4, -0.2) is 38.4 Å². The Balaban J connectivity index is 1.66. The van der Waals surface area contributed by atoms with Gasteiger partial charge in [-0.15, -0.1) is 0 Å². The Kier molecular flexibility index (Phi) is 9.80. The zero-order valence-electron chi connectivity index (χ0n) is 26.2. The Morgan fingerprint density at radius 1 is 0.698 bits per heavy atom. The predicted molar refractivity (Wildman–Crippen MR) is 169 cm³/mol.